The van der Waals surface area contributed by atoms with E-state index in [-0.39, 0.29) is 18.6 Å². The standard InChI is InChI=1S/C15H22N2O2/c1-11-9-14(11)17-15(19)16-10-13(7-8-18)12-5-3-2-4-6-12/h2-6,11,13-14,18H,7-10H2,1H3,(H2,16,17,19). The first-order valence-electron chi connectivity index (χ1n) is 6.91. The van der Waals surface area contributed by atoms with Gasteiger partial charge in [0, 0.05) is 25.1 Å². The van der Waals surface area contributed by atoms with E-state index in [2.05, 4.69) is 17.6 Å². The second-order valence-electron chi connectivity index (χ2n) is 5.29. The highest BCUT2D eigenvalue weighted by Crippen LogP contribution is 2.28. The molecule has 0 heterocycles. The highest BCUT2D eigenvalue weighted by atomic mass is 16.3. The smallest absolute Gasteiger partial charge is 0.315 e. The van der Waals surface area contributed by atoms with Crippen molar-refractivity contribution >= 4 is 6.03 Å². The zero-order chi connectivity index (χ0) is 13.7. The lowest BCUT2D eigenvalue weighted by Gasteiger charge is -2.17. The fraction of sp³-hybridized carbons (Fsp3) is 0.533. The van der Waals surface area contributed by atoms with Crippen molar-refractivity contribution in [3.05, 3.63) is 35.9 Å². The number of hydrogen-bond acceptors (Lipinski definition) is 2. The highest BCUT2D eigenvalue weighted by molar-refractivity contribution is 5.74. The summed E-state index contributed by atoms with van der Waals surface area (Å²) in [7, 11) is 0. The number of aliphatic hydroxyl groups is 1. The topological polar surface area (TPSA) is 61.4 Å². The number of carbonyl (C=O) groups excluding carboxylic acids is 1. The number of aliphatic hydroxyl groups excluding tert-OH is 1. The minimum atomic E-state index is -0.103. The molecule has 1 aromatic rings. The highest BCUT2D eigenvalue weighted by Gasteiger charge is 2.33. The quantitative estimate of drug-likeness (QED) is 0.733. The Labute approximate surface area is 114 Å². The Morgan fingerprint density at radius 3 is 2.68 bits per heavy atom. The zero-order valence-corrected chi connectivity index (χ0v) is 11.3. The van der Waals surface area contributed by atoms with Crippen LogP contribution in [0.25, 0.3) is 0 Å². The lowest BCUT2D eigenvalue weighted by molar-refractivity contribution is 0.236. The van der Waals surface area contributed by atoms with Crippen molar-refractivity contribution in [2.45, 2.75) is 31.7 Å². The van der Waals surface area contributed by atoms with Crippen molar-refractivity contribution in [1.29, 1.82) is 0 Å². The van der Waals surface area contributed by atoms with E-state index in [1.807, 2.05) is 30.3 Å². The fourth-order valence-corrected chi connectivity index (χ4v) is 2.23. The third-order valence-electron chi connectivity index (χ3n) is 3.68. The monoisotopic (exact) mass is 262 g/mol. The van der Waals surface area contributed by atoms with E-state index in [9.17, 15) is 4.79 Å². The molecule has 3 unspecified atom stereocenters. The van der Waals surface area contributed by atoms with Gasteiger partial charge in [-0.1, -0.05) is 37.3 Å². The number of benzene rings is 1. The Kier molecular flexibility index (Phi) is 4.80. The second kappa shape index (κ2) is 6.57. The van der Waals surface area contributed by atoms with Crippen molar-refractivity contribution in [3.63, 3.8) is 0 Å². The third-order valence-corrected chi connectivity index (χ3v) is 3.68. The predicted octanol–water partition coefficient (Wildman–Crippen LogP) is 1.86. The molecule has 1 fully saturated rings. The molecule has 3 N–H and O–H groups in total. The van der Waals surface area contributed by atoms with Crippen molar-refractivity contribution in [3.8, 4) is 0 Å². The van der Waals surface area contributed by atoms with E-state index in [1.54, 1.807) is 0 Å². The van der Waals surface area contributed by atoms with Gasteiger partial charge in [-0.15, -0.1) is 0 Å². The van der Waals surface area contributed by atoms with E-state index < -0.39 is 0 Å². The molecule has 1 saturated carbocycles. The summed E-state index contributed by atoms with van der Waals surface area (Å²) < 4.78 is 0. The molecule has 2 rings (SSSR count). The van der Waals surface area contributed by atoms with Crippen LogP contribution < -0.4 is 10.6 Å². The molecule has 0 aliphatic heterocycles. The van der Waals surface area contributed by atoms with Gasteiger partial charge in [0.2, 0.25) is 0 Å². The maximum atomic E-state index is 11.7. The van der Waals surface area contributed by atoms with Crippen LogP contribution in [0.5, 0.6) is 0 Å². The average molecular weight is 262 g/mol. The molecule has 104 valence electrons. The second-order valence-corrected chi connectivity index (χ2v) is 5.29. The zero-order valence-electron chi connectivity index (χ0n) is 11.3. The molecular formula is C15H22N2O2. The van der Waals surface area contributed by atoms with Crippen molar-refractivity contribution in [2.24, 2.45) is 5.92 Å². The molecule has 1 aromatic carbocycles. The minimum Gasteiger partial charge on any atom is -0.396 e. The number of urea groups is 1. The lowest BCUT2D eigenvalue weighted by Crippen LogP contribution is -2.39. The van der Waals surface area contributed by atoms with Crippen LogP contribution in [0.15, 0.2) is 30.3 Å². The molecule has 0 bridgehead atoms. The summed E-state index contributed by atoms with van der Waals surface area (Å²) in [6, 6.07) is 10.2. The summed E-state index contributed by atoms with van der Waals surface area (Å²) in [5, 5.41) is 15.0. The summed E-state index contributed by atoms with van der Waals surface area (Å²) in [5.74, 6) is 0.765. The minimum absolute atomic E-state index is 0.103. The number of rotatable bonds is 6. The lowest BCUT2D eigenvalue weighted by atomic mass is 9.96. The van der Waals surface area contributed by atoms with E-state index in [0.29, 0.717) is 24.9 Å². The average Bonchev–Trinajstić information content (AvgIpc) is 3.11. The van der Waals surface area contributed by atoms with Crippen LogP contribution in [-0.4, -0.2) is 30.3 Å². The Morgan fingerprint density at radius 1 is 1.42 bits per heavy atom. The van der Waals surface area contributed by atoms with Gasteiger partial charge in [0.15, 0.2) is 0 Å². The van der Waals surface area contributed by atoms with Gasteiger partial charge in [-0.2, -0.15) is 0 Å². The first-order chi connectivity index (χ1) is 9.20. The predicted molar refractivity (Wildman–Crippen MR) is 75.0 cm³/mol. The van der Waals surface area contributed by atoms with Crippen LogP contribution >= 0.6 is 0 Å². The maximum Gasteiger partial charge on any atom is 0.315 e. The first kappa shape index (κ1) is 13.9. The van der Waals surface area contributed by atoms with Gasteiger partial charge in [-0.25, -0.2) is 4.79 Å². The number of carbonyl (C=O) groups is 1. The van der Waals surface area contributed by atoms with Gasteiger partial charge in [0.25, 0.3) is 0 Å². The molecule has 4 nitrogen and oxygen atoms in total. The van der Waals surface area contributed by atoms with E-state index in [1.165, 1.54) is 0 Å². The normalized spacial score (nSPS) is 22.6. The number of amides is 2. The summed E-state index contributed by atoms with van der Waals surface area (Å²) in [5.41, 5.74) is 1.15. The van der Waals surface area contributed by atoms with Gasteiger partial charge >= 0.3 is 6.03 Å². The summed E-state index contributed by atoms with van der Waals surface area (Å²) in [6.45, 7) is 2.81. The Bertz CT molecular complexity index is 408. The molecule has 1 aliphatic rings. The van der Waals surface area contributed by atoms with Gasteiger partial charge < -0.3 is 15.7 Å². The van der Waals surface area contributed by atoms with Crippen LogP contribution in [0.4, 0.5) is 4.79 Å². The molecule has 0 aromatic heterocycles. The van der Waals surface area contributed by atoms with Gasteiger partial charge in [0.1, 0.15) is 0 Å². The van der Waals surface area contributed by atoms with Gasteiger partial charge in [-0.3, -0.25) is 0 Å². The Balaban J connectivity index is 1.81. The van der Waals surface area contributed by atoms with E-state index in [4.69, 9.17) is 5.11 Å². The molecule has 0 saturated heterocycles. The van der Waals surface area contributed by atoms with Gasteiger partial charge in [0.05, 0.1) is 0 Å². The molecule has 3 atom stereocenters. The summed E-state index contributed by atoms with van der Waals surface area (Å²) in [6.07, 6.45) is 1.73. The summed E-state index contributed by atoms with van der Waals surface area (Å²) in [4.78, 5) is 11.7. The molecular weight excluding hydrogens is 240 g/mol. The molecule has 19 heavy (non-hydrogen) atoms. The van der Waals surface area contributed by atoms with Crippen LogP contribution in [0.3, 0.4) is 0 Å². The largest absolute Gasteiger partial charge is 0.396 e. The Morgan fingerprint density at radius 2 is 2.11 bits per heavy atom. The fourth-order valence-electron chi connectivity index (χ4n) is 2.23. The van der Waals surface area contributed by atoms with Crippen molar-refractivity contribution in [2.75, 3.05) is 13.2 Å². The summed E-state index contributed by atoms with van der Waals surface area (Å²) >= 11 is 0. The van der Waals surface area contributed by atoms with E-state index >= 15 is 0 Å². The molecule has 1 aliphatic carbocycles. The van der Waals surface area contributed by atoms with Crippen LogP contribution in [-0.2, 0) is 0 Å². The van der Waals surface area contributed by atoms with Gasteiger partial charge in [-0.05, 0) is 24.3 Å². The molecule has 0 radical (unpaired) electrons. The van der Waals surface area contributed by atoms with Crippen molar-refractivity contribution in [1.82, 2.24) is 10.6 Å². The molecule has 4 heteroatoms. The molecule has 0 spiro atoms. The Hall–Kier alpha value is -1.55. The van der Waals surface area contributed by atoms with Crippen LogP contribution in [0.1, 0.15) is 31.2 Å². The van der Waals surface area contributed by atoms with Crippen LogP contribution in [0.2, 0.25) is 0 Å². The number of hydrogen-bond donors (Lipinski definition) is 3. The van der Waals surface area contributed by atoms with E-state index in [0.717, 1.165) is 12.0 Å². The van der Waals surface area contributed by atoms with Crippen molar-refractivity contribution < 1.29 is 9.90 Å². The molecule has 2 amide bonds. The maximum absolute atomic E-state index is 11.7. The van der Waals surface area contributed by atoms with Crippen LogP contribution in [0, 0.1) is 5.92 Å². The first-order valence-corrected chi connectivity index (χ1v) is 6.91. The third kappa shape index (κ3) is 4.24. The SMILES string of the molecule is CC1CC1NC(=O)NCC(CCO)c1ccccc1. The number of nitrogens with one attached hydrogen (secondary N) is 2.